The molecule has 0 aliphatic carbocycles. The highest BCUT2D eigenvalue weighted by atomic mass is 32.2. The van der Waals surface area contributed by atoms with E-state index in [1.54, 1.807) is 6.07 Å². The van der Waals surface area contributed by atoms with Gasteiger partial charge in [0.15, 0.2) is 0 Å². The topological polar surface area (TPSA) is 43.4 Å². The second-order valence-electron chi connectivity index (χ2n) is 3.29. The van der Waals surface area contributed by atoms with Gasteiger partial charge in [0.05, 0.1) is 0 Å². The molecule has 3 nitrogen and oxygen atoms in total. The van der Waals surface area contributed by atoms with Crippen molar-refractivity contribution in [3.63, 3.8) is 0 Å². The molecule has 1 rings (SSSR count). The molecule has 0 heterocycles. The van der Waals surface area contributed by atoms with Crippen LogP contribution in [0.4, 0.5) is 0 Å². The first-order valence-corrected chi connectivity index (χ1v) is 6.54. The van der Waals surface area contributed by atoms with E-state index in [9.17, 15) is 8.42 Å². The summed E-state index contributed by atoms with van der Waals surface area (Å²) in [5.74, 6) is 2.01. The number of rotatable bonds is 5. The smallest absolute Gasteiger partial charge is 0.257 e. The highest BCUT2D eigenvalue weighted by Gasteiger charge is 2.13. The minimum Gasteiger partial charge on any atom is -0.257 e. The Labute approximate surface area is 96.6 Å². The Hall–Kier alpha value is -1.31. The molecular weight excluding hydrogens is 224 g/mol. The van der Waals surface area contributed by atoms with Crippen LogP contribution in [0.2, 0.25) is 0 Å². The lowest BCUT2D eigenvalue weighted by Gasteiger charge is -2.07. The van der Waals surface area contributed by atoms with Crippen LogP contribution in [-0.4, -0.2) is 15.0 Å². The molecule has 4 heteroatoms. The predicted octanol–water partition coefficient (Wildman–Crippen LogP) is 1.73. The van der Waals surface area contributed by atoms with E-state index in [-0.39, 0.29) is 12.4 Å². The molecule has 0 saturated carbocycles. The van der Waals surface area contributed by atoms with E-state index in [0.717, 1.165) is 17.5 Å². The largest absolute Gasteiger partial charge is 0.272 e. The van der Waals surface area contributed by atoms with Crippen LogP contribution in [0.15, 0.2) is 24.3 Å². The summed E-state index contributed by atoms with van der Waals surface area (Å²) >= 11 is 0. The summed E-state index contributed by atoms with van der Waals surface area (Å²) in [5, 5.41) is 0. The first kappa shape index (κ1) is 12.8. The van der Waals surface area contributed by atoms with E-state index in [4.69, 9.17) is 6.42 Å². The molecule has 0 radical (unpaired) electrons. The van der Waals surface area contributed by atoms with E-state index in [2.05, 4.69) is 10.1 Å². The van der Waals surface area contributed by atoms with E-state index in [1.165, 1.54) is 0 Å². The molecule has 0 aliphatic rings. The lowest BCUT2D eigenvalue weighted by atomic mass is 10.1. The number of hydrogen-bond acceptors (Lipinski definition) is 3. The molecule has 0 aromatic heterocycles. The molecule has 0 fully saturated rings. The molecular formula is C12H14O3S. The molecule has 0 amide bonds. The van der Waals surface area contributed by atoms with Crippen LogP contribution in [0.1, 0.15) is 18.1 Å². The first-order chi connectivity index (χ1) is 7.59. The van der Waals surface area contributed by atoms with Gasteiger partial charge in [-0.3, -0.25) is 4.18 Å². The van der Waals surface area contributed by atoms with Gasteiger partial charge in [-0.25, -0.2) is 0 Å². The minimum atomic E-state index is -3.57. The van der Waals surface area contributed by atoms with Crippen molar-refractivity contribution in [1.82, 2.24) is 0 Å². The van der Waals surface area contributed by atoms with Crippen LogP contribution < -0.4 is 0 Å². The van der Waals surface area contributed by atoms with Gasteiger partial charge in [-0.2, -0.15) is 8.42 Å². The molecule has 1 aromatic rings. The summed E-state index contributed by atoms with van der Waals surface area (Å²) in [4.78, 5) is 0. The monoisotopic (exact) mass is 238 g/mol. The standard InChI is InChI=1S/C12H14O3S/c1-3-9-15-16(13,14)10-12-8-6-5-7-11(12)4-2/h1,5-8H,4,9-10H2,2H3. The Morgan fingerprint density at radius 3 is 2.50 bits per heavy atom. The molecule has 0 N–H and O–H groups in total. The molecule has 0 unspecified atom stereocenters. The third kappa shape index (κ3) is 3.69. The summed E-state index contributed by atoms with van der Waals surface area (Å²) in [5.41, 5.74) is 1.78. The number of hydrogen-bond donors (Lipinski definition) is 0. The Balaban J connectivity index is 2.84. The second kappa shape index (κ2) is 5.69. The van der Waals surface area contributed by atoms with E-state index in [0.29, 0.717) is 0 Å². The maximum atomic E-state index is 11.5. The molecule has 0 saturated heterocycles. The lowest BCUT2D eigenvalue weighted by Crippen LogP contribution is -2.10. The Morgan fingerprint density at radius 2 is 1.94 bits per heavy atom. The van der Waals surface area contributed by atoms with Crippen molar-refractivity contribution in [3.05, 3.63) is 35.4 Å². The van der Waals surface area contributed by atoms with Crippen LogP contribution >= 0.6 is 0 Å². The number of benzene rings is 1. The van der Waals surface area contributed by atoms with Crippen molar-refractivity contribution < 1.29 is 12.6 Å². The number of aryl methyl sites for hydroxylation is 1. The predicted molar refractivity (Wildman–Crippen MR) is 63.2 cm³/mol. The minimum absolute atomic E-state index is 0.126. The van der Waals surface area contributed by atoms with Crippen LogP contribution in [-0.2, 0) is 26.5 Å². The van der Waals surface area contributed by atoms with Crippen molar-refractivity contribution in [2.45, 2.75) is 19.1 Å². The molecule has 0 spiro atoms. The van der Waals surface area contributed by atoms with E-state index in [1.807, 2.05) is 25.1 Å². The van der Waals surface area contributed by atoms with Gasteiger partial charge in [-0.1, -0.05) is 37.1 Å². The highest BCUT2D eigenvalue weighted by Crippen LogP contribution is 2.13. The first-order valence-electron chi connectivity index (χ1n) is 4.96. The summed E-state index contributed by atoms with van der Waals surface area (Å²) in [7, 11) is -3.57. The highest BCUT2D eigenvalue weighted by molar-refractivity contribution is 7.85. The summed E-state index contributed by atoms with van der Waals surface area (Å²) in [6, 6.07) is 7.39. The van der Waals surface area contributed by atoms with Gasteiger partial charge in [0, 0.05) is 0 Å². The third-order valence-electron chi connectivity index (χ3n) is 2.15. The average molecular weight is 238 g/mol. The summed E-state index contributed by atoms with van der Waals surface area (Å²) in [6.07, 6.45) is 5.74. The van der Waals surface area contributed by atoms with Crippen molar-refractivity contribution in [3.8, 4) is 12.3 Å². The zero-order valence-corrected chi connectivity index (χ0v) is 9.96. The average Bonchev–Trinajstić information content (AvgIpc) is 2.27. The van der Waals surface area contributed by atoms with Crippen molar-refractivity contribution >= 4 is 10.1 Å². The molecule has 0 aliphatic heterocycles. The van der Waals surface area contributed by atoms with Crippen LogP contribution in [0.25, 0.3) is 0 Å². The maximum absolute atomic E-state index is 11.5. The van der Waals surface area contributed by atoms with E-state index >= 15 is 0 Å². The van der Waals surface area contributed by atoms with Gasteiger partial charge in [0.1, 0.15) is 12.4 Å². The Bertz CT molecular complexity index is 483. The Kier molecular flexibility index (Phi) is 4.53. The van der Waals surface area contributed by atoms with Gasteiger partial charge in [-0.05, 0) is 17.5 Å². The van der Waals surface area contributed by atoms with Gasteiger partial charge in [0.25, 0.3) is 10.1 Å². The summed E-state index contributed by atoms with van der Waals surface area (Å²) < 4.78 is 27.6. The second-order valence-corrected chi connectivity index (χ2v) is 4.93. The Morgan fingerprint density at radius 1 is 1.31 bits per heavy atom. The molecule has 86 valence electrons. The van der Waals surface area contributed by atoms with Gasteiger partial charge >= 0.3 is 0 Å². The molecule has 0 bridgehead atoms. The summed E-state index contributed by atoms with van der Waals surface area (Å²) in [6.45, 7) is 1.77. The molecule has 1 aromatic carbocycles. The fraction of sp³-hybridized carbons (Fsp3) is 0.333. The SMILES string of the molecule is C#CCOS(=O)(=O)Cc1ccccc1CC. The third-order valence-corrected chi connectivity index (χ3v) is 3.29. The van der Waals surface area contributed by atoms with Gasteiger partial charge < -0.3 is 0 Å². The van der Waals surface area contributed by atoms with Crippen LogP contribution in [0, 0.1) is 12.3 Å². The zero-order valence-electron chi connectivity index (χ0n) is 9.14. The van der Waals surface area contributed by atoms with Gasteiger partial charge in [0.2, 0.25) is 0 Å². The van der Waals surface area contributed by atoms with Crippen molar-refractivity contribution in [2.24, 2.45) is 0 Å². The van der Waals surface area contributed by atoms with Crippen molar-refractivity contribution in [1.29, 1.82) is 0 Å². The van der Waals surface area contributed by atoms with Crippen LogP contribution in [0.3, 0.4) is 0 Å². The zero-order chi connectivity index (χ0) is 12.0. The quantitative estimate of drug-likeness (QED) is 0.579. The van der Waals surface area contributed by atoms with Crippen LogP contribution in [0.5, 0.6) is 0 Å². The van der Waals surface area contributed by atoms with E-state index < -0.39 is 10.1 Å². The maximum Gasteiger partial charge on any atom is 0.272 e. The molecule has 16 heavy (non-hydrogen) atoms. The normalized spacial score (nSPS) is 11.0. The van der Waals surface area contributed by atoms with Gasteiger partial charge in [-0.15, -0.1) is 6.42 Å². The van der Waals surface area contributed by atoms with Crippen molar-refractivity contribution in [2.75, 3.05) is 6.61 Å². The molecule has 0 atom stereocenters. The fourth-order valence-corrected chi connectivity index (χ4v) is 2.39. The lowest BCUT2D eigenvalue weighted by molar-refractivity contribution is 0.362. The fourth-order valence-electron chi connectivity index (χ4n) is 1.40. The number of terminal acetylenes is 1.